The van der Waals surface area contributed by atoms with Crippen LogP contribution in [0.25, 0.3) is 0 Å². The average Bonchev–Trinajstić information content (AvgIpc) is 2.40. The molecule has 0 aromatic rings. The van der Waals surface area contributed by atoms with Crippen molar-refractivity contribution >= 4 is 30.7 Å². The lowest BCUT2D eigenvalue weighted by Gasteiger charge is -2.30. The Balaban J connectivity index is 0.00000200. The predicted octanol–water partition coefficient (Wildman–Crippen LogP) is 1.06. The lowest BCUT2D eigenvalue weighted by Crippen LogP contribution is -2.45. The number of carbonyl (C=O) groups excluding carboxylic acids is 1. The molecule has 21 heavy (non-hydrogen) atoms. The van der Waals surface area contributed by atoms with E-state index in [0.717, 1.165) is 32.2 Å². The van der Waals surface area contributed by atoms with Crippen LogP contribution in [0.15, 0.2) is 0 Å². The fraction of sp³-hybridized carbons (Fsp3) is 0.929. The molecule has 5 nitrogen and oxygen atoms in total. The molecule has 7 heteroatoms. The molecule has 0 bridgehead atoms. The molecule has 0 aromatic carbocycles. The minimum absolute atomic E-state index is 0. The van der Waals surface area contributed by atoms with Gasteiger partial charge in [-0.25, -0.2) is 0 Å². The number of piperidine rings is 1. The van der Waals surface area contributed by atoms with Gasteiger partial charge in [0.1, 0.15) is 0 Å². The molecule has 126 valence electrons. The number of carbonyl (C=O) groups is 1. The standard InChI is InChI=1S/C14H27N3O2.2ClH/c1-12-3-2-6-17(10-12)7-4-16-14(18)9-13-11-19-8-5-15-13;;/h12-13,15H,2-11H2,1H3,(H,16,18);2*1H. The monoisotopic (exact) mass is 341 g/mol. The summed E-state index contributed by atoms with van der Waals surface area (Å²) in [6, 6.07) is 0.184. The molecule has 2 aliphatic heterocycles. The van der Waals surface area contributed by atoms with E-state index in [1.165, 1.54) is 25.9 Å². The molecule has 1 amide bonds. The summed E-state index contributed by atoms with van der Waals surface area (Å²) >= 11 is 0. The summed E-state index contributed by atoms with van der Waals surface area (Å²) in [6.07, 6.45) is 3.16. The molecule has 2 fully saturated rings. The van der Waals surface area contributed by atoms with Crippen LogP contribution in [0.1, 0.15) is 26.2 Å². The number of likely N-dealkylation sites (tertiary alicyclic amines) is 1. The second-order valence-corrected chi connectivity index (χ2v) is 5.83. The maximum absolute atomic E-state index is 11.8. The van der Waals surface area contributed by atoms with E-state index in [0.29, 0.717) is 13.0 Å². The number of ether oxygens (including phenoxy) is 1. The third-order valence-corrected chi connectivity index (χ3v) is 3.92. The maximum Gasteiger partial charge on any atom is 0.221 e. The summed E-state index contributed by atoms with van der Waals surface area (Å²) in [6.45, 7) is 8.65. The highest BCUT2D eigenvalue weighted by Crippen LogP contribution is 2.14. The molecule has 2 aliphatic rings. The van der Waals surface area contributed by atoms with Gasteiger partial charge in [0.05, 0.1) is 13.2 Å². The van der Waals surface area contributed by atoms with Crippen LogP contribution >= 0.6 is 24.8 Å². The second-order valence-electron chi connectivity index (χ2n) is 5.83. The average molecular weight is 342 g/mol. The molecular weight excluding hydrogens is 313 g/mol. The third-order valence-electron chi connectivity index (χ3n) is 3.92. The summed E-state index contributed by atoms with van der Waals surface area (Å²) in [7, 11) is 0. The summed E-state index contributed by atoms with van der Waals surface area (Å²) in [5.74, 6) is 0.932. The lowest BCUT2D eigenvalue weighted by molar-refractivity contribution is -0.122. The van der Waals surface area contributed by atoms with Gasteiger partial charge < -0.3 is 20.3 Å². The highest BCUT2D eigenvalue weighted by Gasteiger charge is 2.18. The first-order valence-corrected chi connectivity index (χ1v) is 7.54. The summed E-state index contributed by atoms with van der Waals surface area (Å²) in [4.78, 5) is 14.2. The van der Waals surface area contributed by atoms with E-state index in [2.05, 4.69) is 22.5 Å². The van der Waals surface area contributed by atoms with Gasteiger partial charge in [-0.3, -0.25) is 4.79 Å². The Morgan fingerprint density at radius 3 is 2.90 bits per heavy atom. The number of halogens is 2. The molecule has 2 rings (SSSR count). The van der Waals surface area contributed by atoms with Crippen molar-refractivity contribution in [3.63, 3.8) is 0 Å². The molecule has 0 aromatic heterocycles. The Labute approximate surface area is 140 Å². The van der Waals surface area contributed by atoms with Gasteiger partial charge in [0.15, 0.2) is 0 Å². The second kappa shape index (κ2) is 11.5. The Kier molecular flexibility index (Phi) is 11.5. The summed E-state index contributed by atoms with van der Waals surface area (Å²) in [5, 5.41) is 6.32. The maximum atomic E-state index is 11.8. The molecule has 0 saturated carbocycles. The van der Waals surface area contributed by atoms with Crippen LogP contribution in [-0.4, -0.2) is 62.8 Å². The van der Waals surface area contributed by atoms with Gasteiger partial charge in [0.25, 0.3) is 0 Å². The Morgan fingerprint density at radius 1 is 1.43 bits per heavy atom. The van der Waals surface area contributed by atoms with Crippen molar-refractivity contribution in [1.29, 1.82) is 0 Å². The van der Waals surface area contributed by atoms with Crippen molar-refractivity contribution in [3.05, 3.63) is 0 Å². The van der Waals surface area contributed by atoms with Gasteiger partial charge >= 0.3 is 0 Å². The molecule has 0 aliphatic carbocycles. The van der Waals surface area contributed by atoms with Crippen LogP contribution < -0.4 is 10.6 Å². The van der Waals surface area contributed by atoms with Crippen LogP contribution in [0.3, 0.4) is 0 Å². The Hall–Kier alpha value is -0.0700. The van der Waals surface area contributed by atoms with E-state index >= 15 is 0 Å². The van der Waals surface area contributed by atoms with E-state index < -0.39 is 0 Å². The highest BCUT2D eigenvalue weighted by molar-refractivity contribution is 5.85. The quantitative estimate of drug-likeness (QED) is 0.784. The number of nitrogens with zero attached hydrogens (tertiary/aromatic N) is 1. The number of hydrogen-bond donors (Lipinski definition) is 2. The van der Waals surface area contributed by atoms with Crippen LogP contribution in [0.4, 0.5) is 0 Å². The van der Waals surface area contributed by atoms with Crippen molar-refractivity contribution in [1.82, 2.24) is 15.5 Å². The molecular formula is C14H29Cl2N3O2. The largest absolute Gasteiger partial charge is 0.378 e. The minimum atomic E-state index is 0. The Bertz CT molecular complexity index is 289. The van der Waals surface area contributed by atoms with Gasteiger partial charge in [-0.15, -0.1) is 24.8 Å². The van der Waals surface area contributed by atoms with Crippen LogP contribution in [0.2, 0.25) is 0 Å². The van der Waals surface area contributed by atoms with E-state index in [4.69, 9.17) is 4.74 Å². The first kappa shape index (κ1) is 20.9. The zero-order valence-electron chi connectivity index (χ0n) is 12.8. The molecule has 2 unspecified atom stereocenters. The molecule has 2 saturated heterocycles. The van der Waals surface area contributed by atoms with Gasteiger partial charge in [-0.05, 0) is 25.3 Å². The fourth-order valence-electron chi connectivity index (χ4n) is 2.89. The van der Waals surface area contributed by atoms with E-state index in [-0.39, 0.29) is 36.8 Å². The molecule has 2 heterocycles. The van der Waals surface area contributed by atoms with Crippen molar-refractivity contribution in [2.75, 3.05) is 45.9 Å². The third kappa shape index (κ3) is 8.21. The van der Waals surface area contributed by atoms with Crippen molar-refractivity contribution in [3.8, 4) is 0 Å². The SMILES string of the molecule is CC1CCCN(CCNC(=O)CC2COCCN2)C1.Cl.Cl. The number of amides is 1. The molecule has 2 atom stereocenters. The number of hydrogen-bond acceptors (Lipinski definition) is 4. The van der Waals surface area contributed by atoms with Crippen LogP contribution in [0.5, 0.6) is 0 Å². The first-order chi connectivity index (χ1) is 9.24. The molecule has 2 N–H and O–H groups in total. The number of morpholine rings is 1. The lowest BCUT2D eigenvalue weighted by atomic mass is 10.0. The summed E-state index contributed by atoms with van der Waals surface area (Å²) < 4.78 is 5.34. The first-order valence-electron chi connectivity index (χ1n) is 7.54. The van der Waals surface area contributed by atoms with Gasteiger partial charge in [-0.2, -0.15) is 0 Å². The Morgan fingerprint density at radius 2 is 2.24 bits per heavy atom. The van der Waals surface area contributed by atoms with Crippen LogP contribution in [0, 0.1) is 5.92 Å². The predicted molar refractivity (Wildman–Crippen MR) is 89.6 cm³/mol. The zero-order chi connectivity index (χ0) is 13.5. The van der Waals surface area contributed by atoms with Crippen molar-refractivity contribution in [2.24, 2.45) is 5.92 Å². The normalized spacial score (nSPS) is 26.3. The molecule has 0 spiro atoms. The van der Waals surface area contributed by atoms with Gasteiger partial charge in [-0.1, -0.05) is 6.92 Å². The van der Waals surface area contributed by atoms with E-state index in [1.807, 2.05) is 0 Å². The van der Waals surface area contributed by atoms with Gasteiger partial charge in [0, 0.05) is 38.6 Å². The molecule has 0 radical (unpaired) electrons. The smallest absolute Gasteiger partial charge is 0.221 e. The number of nitrogens with one attached hydrogen (secondary N) is 2. The van der Waals surface area contributed by atoms with Crippen molar-refractivity contribution in [2.45, 2.75) is 32.2 Å². The summed E-state index contributed by atoms with van der Waals surface area (Å²) in [5.41, 5.74) is 0. The fourth-order valence-corrected chi connectivity index (χ4v) is 2.89. The minimum Gasteiger partial charge on any atom is -0.378 e. The van der Waals surface area contributed by atoms with Gasteiger partial charge in [0.2, 0.25) is 5.91 Å². The topological polar surface area (TPSA) is 53.6 Å². The van der Waals surface area contributed by atoms with Crippen LogP contribution in [-0.2, 0) is 9.53 Å². The highest BCUT2D eigenvalue weighted by atomic mass is 35.5. The number of rotatable bonds is 5. The van der Waals surface area contributed by atoms with E-state index in [9.17, 15) is 4.79 Å². The van der Waals surface area contributed by atoms with E-state index in [1.54, 1.807) is 0 Å². The zero-order valence-corrected chi connectivity index (χ0v) is 14.4. The van der Waals surface area contributed by atoms with Crippen molar-refractivity contribution < 1.29 is 9.53 Å².